The Bertz CT molecular complexity index is 454. The lowest BCUT2D eigenvalue weighted by molar-refractivity contribution is 0.575. The molecule has 1 aliphatic heterocycles. The van der Waals surface area contributed by atoms with Gasteiger partial charge in [-0.2, -0.15) is 0 Å². The first-order chi connectivity index (χ1) is 9.06. The molecule has 1 aromatic rings. The largest absolute Gasteiger partial charge is 0.376 e. The van der Waals surface area contributed by atoms with Crippen molar-refractivity contribution in [3.8, 4) is 0 Å². The van der Waals surface area contributed by atoms with E-state index in [-0.39, 0.29) is 0 Å². The molecule has 4 heteroatoms. The normalized spacial score (nSPS) is 18.6. The van der Waals surface area contributed by atoms with E-state index in [0.717, 1.165) is 23.3 Å². The Hall–Kier alpha value is -1.16. The van der Waals surface area contributed by atoms with Crippen molar-refractivity contribution in [3.63, 3.8) is 0 Å². The first-order valence-corrected chi connectivity index (χ1v) is 7.68. The first-order valence-electron chi connectivity index (χ1n) is 6.80. The second-order valence-corrected chi connectivity index (χ2v) is 6.84. The van der Waals surface area contributed by atoms with Crippen molar-refractivity contribution in [1.29, 1.82) is 0 Å². The van der Waals surface area contributed by atoms with Crippen LogP contribution >= 0.6 is 11.8 Å². The Kier molecular flexibility index (Phi) is 4.75. The van der Waals surface area contributed by atoms with Gasteiger partial charge < -0.3 is 10.2 Å². The molecule has 1 unspecified atom stereocenters. The van der Waals surface area contributed by atoms with E-state index in [2.05, 4.69) is 67.4 Å². The minimum Gasteiger partial charge on any atom is -0.376 e. The second-order valence-electron chi connectivity index (χ2n) is 5.55. The number of anilines is 2. The first kappa shape index (κ1) is 14.3. The molecule has 1 atom stereocenters. The fraction of sp³-hybridized carbons (Fsp3) is 0.533. The molecule has 0 aromatic heterocycles. The molecule has 0 radical (unpaired) electrons. The third-order valence-electron chi connectivity index (χ3n) is 3.08. The molecular formula is C15H23N3S. The molecule has 1 aliphatic rings. The van der Waals surface area contributed by atoms with Crippen molar-refractivity contribution in [2.45, 2.75) is 25.5 Å². The molecular weight excluding hydrogens is 254 g/mol. The van der Waals surface area contributed by atoms with Crippen LogP contribution in [-0.2, 0) is 0 Å². The Balaban J connectivity index is 2.00. The van der Waals surface area contributed by atoms with Gasteiger partial charge >= 0.3 is 0 Å². The van der Waals surface area contributed by atoms with Crippen LogP contribution in [0.25, 0.3) is 0 Å². The summed E-state index contributed by atoms with van der Waals surface area (Å²) in [6.07, 6.45) is 1.23. The van der Waals surface area contributed by atoms with Crippen molar-refractivity contribution in [2.75, 3.05) is 30.9 Å². The molecule has 1 N–H and O–H groups in total. The zero-order valence-corrected chi connectivity index (χ0v) is 13.0. The lowest BCUT2D eigenvalue weighted by atomic mass is 10.1. The van der Waals surface area contributed by atoms with E-state index in [1.807, 2.05) is 11.8 Å². The monoisotopic (exact) mass is 277 g/mol. The van der Waals surface area contributed by atoms with E-state index in [9.17, 15) is 0 Å². The predicted molar refractivity (Wildman–Crippen MR) is 87.5 cm³/mol. The smallest absolute Gasteiger partial charge is 0.161 e. The lowest BCUT2D eigenvalue weighted by Crippen LogP contribution is -2.14. The summed E-state index contributed by atoms with van der Waals surface area (Å²) in [4.78, 5) is 6.74. The quantitative estimate of drug-likeness (QED) is 0.909. The molecule has 2 rings (SSSR count). The van der Waals surface area contributed by atoms with E-state index < -0.39 is 0 Å². The number of benzene rings is 1. The summed E-state index contributed by atoms with van der Waals surface area (Å²) < 4.78 is 0. The van der Waals surface area contributed by atoms with Crippen LogP contribution in [0.3, 0.4) is 0 Å². The highest BCUT2D eigenvalue weighted by Crippen LogP contribution is 2.30. The predicted octanol–water partition coefficient (Wildman–Crippen LogP) is 3.68. The third kappa shape index (κ3) is 3.90. The summed E-state index contributed by atoms with van der Waals surface area (Å²) in [6, 6.07) is 8.34. The van der Waals surface area contributed by atoms with Gasteiger partial charge in [0, 0.05) is 19.3 Å². The Morgan fingerprint density at radius 2 is 2.11 bits per heavy atom. The maximum Gasteiger partial charge on any atom is 0.161 e. The van der Waals surface area contributed by atoms with Crippen molar-refractivity contribution >= 4 is 28.3 Å². The number of nitrogens with zero attached hydrogens (tertiary/aromatic N) is 2. The van der Waals surface area contributed by atoms with Crippen molar-refractivity contribution < 1.29 is 0 Å². The molecule has 0 fully saturated rings. The lowest BCUT2D eigenvalue weighted by Gasteiger charge is -2.18. The summed E-state index contributed by atoms with van der Waals surface area (Å²) in [5.74, 6) is 0.737. The van der Waals surface area contributed by atoms with E-state index >= 15 is 0 Å². The molecule has 0 amide bonds. The van der Waals surface area contributed by atoms with Crippen LogP contribution in [0.4, 0.5) is 11.4 Å². The van der Waals surface area contributed by atoms with Crippen LogP contribution < -0.4 is 10.2 Å². The molecule has 1 heterocycles. The third-order valence-corrected chi connectivity index (χ3v) is 4.21. The van der Waals surface area contributed by atoms with E-state index in [1.165, 1.54) is 12.1 Å². The Morgan fingerprint density at radius 1 is 1.37 bits per heavy atom. The summed E-state index contributed by atoms with van der Waals surface area (Å²) in [5.41, 5.74) is 2.32. The van der Waals surface area contributed by atoms with Crippen molar-refractivity contribution in [3.05, 3.63) is 24.3 Å². The van der Waals surface area contributed by atoms with Gasteiger partial charge in [0.1, 0.15) is 0 Å². The molecule has 1 aromatic carbocycles. The van der Waals surface area contributed by atoms with Gasteiger partial charge in [-0.05, 0) is 24.5 Å². The van der Waals surface area contributed by atoms with E-state index in [0.29, 0.717) is 5.25 Å². The molecule has 0 saturated heterocycles. The number of amidine groups is 1. The average Bonchev–Trinajstić information content (AvgIpc) is 2.76. The van der Waals surface area contributed by atoms with E-state index in [4.69, 9.17) is 0 Å². The standard InChI is InChI=1S/C15H23N3S/c1-11(2)9-12-10-16-15(19-12)17-13-7-5-6-8-14(13)18(3)4/h5-8,11-12H,9-10H2,1-4H3,(H,16,17). The summed E-state index contributed by atoms with van der Waals surface area (Å²) in [7, 11) is 4.12. The van der Waals surface area contributed by atoms with Crippen LogP contribution in [0.2, 0.25) is 0 Å². The number of nitrogens with one attached hydrogen (secondary N) is 1. The van der Waals surface area contributed by atoms with Crippen LogP contribution in [0.5, 0.6) is 0 Å². The van der Waals surface area contributed by atoms with Gasteiger partial charge in [-0.3, -0.25) is 4.99 Å². The maximum absolute atomic E-state index is 4.62. The summed E-state index contributed by atoms with van der Waals surface area (Å²) >= 11 is 1.87. The molecule has 3 nitrogen and oxygen atoms in total. The number of hydrogen-bond donors (Lipinski definition) is 1. The fourth-order valence-corrected chi connectivity index (χ4v) is 3.48. The van der Waals surface area contributed by atoms with Crippen LogP contribution in [0.15, 0.2) is 29.3 Å². The van der Waals surface area contributed by atoms with Crippen LogP contribution in [0.1, 0.15) is 20.3 Å². The highest BCUT2D eigenvalue weighted by Gasteiger charge is 2.21. The molecule has 0 aliphatic carbocycles. The Morgan fingerprint density at radius 3 is 2.79 bits per heavy atom. The fourth-order valence-electron chi connectivity index (χ4n) is 2.22. The van der Waals surface area contributed by atoms with E-state index in [1.54, 1.807) is 0 Å². The van der Waals surface area contributed by atoms with Crippen LogP contribution in [-0.4, -0.2) is 31.1 Å². The van der Waals surface area contributed by atoms with Gasteiger partial charge in [0.15, 0.2) is 5.17 Å². The minimum atomic E-state index is 0.633. The van der Waals surface area contributed by atoms with Gasteiger partial charge in [-0.1, -0.05) is 37.7 Å². The minimum absolute atomic E-state index is 0.633. The topological polar surface area (TPSA) is 27.6 Å². The molecule has 0 spiro atoms. The molecule has 19 heavy (non-hydrogen) atoms. The summed E-state index contributed by atoms with van der Waals surface area (Å²) in [6.45, 7) is 5.48. The van der Waals surface area contributed by atoms with Gasteiger partial charge in [-0.25, -0.2) is 0 Å². The zero-order chi connectivity index (χ0) is 13.8. The van der Waals surface area contributed by atoms with Crippen molar-refractivity contribution in [1.82, 2.24) is 0 Å². The second kappa shape index (κ2) is 6.33. The molecule has 104 valence electrons. The average molecular weight is 277 g/mol. The SMILES string of the molecule is CC(C)CC1CN=C(Nc2ccccc2N(C)C)S1. The number of rotatable bonds is 4. The number of thioether (sulfide) groups is 1. The highest BCUT2D eigenvalue weighted by atomic mass is 32.2. The zero-order valence-electron chi connectivity index (χ0n) is 12.2. The summed E-state index contributed by atoms with van der Waals surface area (Å²) in [5, 5.41) is 5.15. The van der Waals surface area contributed by atoms with Crippen LogP contribution in [0, 0.1) is 5.92 Å². The molecule has 0 saturated carbocycles. The number of hydrogen-bond acceptors (Lipinski definition) is 4. The molecule has 0 bridgehead atoms. The maximum atomic E-state index is 4.62. The highest BCUT2D eigenvalue weighted by molar-refractivity contribution is 8.15. The number of para-hydroxylation sites is 2. The number of aliphatic imine (C=N–C) groups is 1. The van der Waals surface area contributed by atoms with Gasteiger partial charge in [-0.15, -0.1) is 0 Å². The Labute approximate surface area is 120 Å². The van der Waals surface area contributed by atoms with Gasteiger partial charge in [0.25, 0.3) is 0 Å². The van der Waals surface area contributed by atoms with Gasteiger partial charge in [0.05, 0.1) is 17.9 Å². The van der Waals surface area contributed by atoms with Crippen molar-refractivity contribution in [2.24, 2.45) is 10.9 Å². The van der Waals surface area contributed by atoms with Gasteiger partial charge in [0.2, 0.25) is 0 Å².